The Morgan fingerprint density at radius 2 is 1.92 bits per heavy atom. The van der Waals surface area contributed by atoms with Crippen LogP contribution in [0.5, 0.6) is 5.75 Å². The summed E-state index contributed by atoms with van der Waals surface area (Å²) in [6.45, 7) is 2.30. The van der Waals surface area contributed by atoms with Gasteiger partial charge in [0, 0.05) is 9.13 Å². The first-order chi connectivity index (χ1) is 11.6. The van der Waals surface area contributed by atoms with Gasteiger partial charge in [0.25, 0.3) is 0 Å². The predicted molar refractivity (Wildman–Crippen MR) is 100 cm³/mol. The summed E-state index contributed by atoms with van der Waals surface area (Å²) >= 11 is 2.26. The smallest absolute Gasteiger partial charge is 0.360 e. The van der Waals surface area contributed by atoms with Crippen molar-refractivity contribution in [2.24, 2.45) is 5.16 Å². The van der Waals surface area contributed by atoms with Crippen LogP contribution in [0.3, 0.4) is 0 Å². The largest absolute Gasteiger partial charge is 0.489 e. The molecular weight excluding hydrogens is 421 g/mol. The first-order valence-electron chi connectivity index (χ1n) is 7.23. The molecule has 0 saturated heterocycles. The van der Waals surface area contributed by atoms with Crippen LogP contribution in [0.1, 0.15) is 16.7 Å². The molecule has 0 bridgehead atoms. The second-order valence-corrected chi connectivity index (χ2v) is 6.22. The van der Waals surface area contributed by atoms with Gasteiger partial charge in [-0.25, -0.2) is 4.79 Å². The lowest BCUT2D eigenvalue weighted by atomic mass is 10.0. The van der Waals surface area contributed by atoms with Gasteiger partial charge in [-0.1, -0.05) is 29.4 Å². The van der Waals surface area contributed by atoms with Crippen LogP contribution in [-0.2, 0) is 21.0 Å². The number of rotatable bonds is 6. The zero-order valence-corrected chi connectivity index (χ0v) is 15.9. The minimum absolute atomic E-state index is 0.110. The number of aryl methyl sites for hydroxylation is 1. The molecule has 0 aromatic heterocycles. The molecule has 0 radical (unpaired) electrons. The van der Waals surface area contributed by atoms with Gasteiger partial charge in [-0.15, -0.1) is 0 Å². The van der Waals surface area contributed by atoms with Gasteiger partial charge in [0.05, 0.1) is 7.11 Å². The second kappa shape index (κ2) is 8.68. The number of esters is 1. The van der Waals surface area contributed by atoms with E-state index in [0.29, 0.717) is 12.2 Å². The molecule has 0 saturated carbocycles. The molecular formula is C18H18INO4. The summed E-state index contributed by atoms with van der Waals surface area (Å²) in [4.78, 5) is 16.7. The van der Waals surface area contributed by atoms with Crippen molar-refractivity contribution in [3.63, 3.8) is 0 Å². The van der Waals surface area contributed by atoms with Crippen LogP contribution in [0.2, 0.25) is 0 Å². The Balaban J connectivity index is 2.28. The van der Waals surface area contributed by atoms with Crippen LogP contribution in [-0.4, -0.2) is 25.9 Å². The maximum atomic E-state index is 11.9. The maximum Gasteiger partial charge on any atom is 0.360 e. The predicted octanol–water partition coefficient (Wildman–Crippen LogP) is 3.70. The number of benzene rings is 2. The number of oxime groups is 1. The number of hydrogen-bond acceptors (Lipinski definition) is 5. The zero-order chi connectivity index (χ0) is 17.5. The van der Waals surface area contributed by atoms with Crippen LogP contribution in [0.25, 0.3) is 0 Å². The average Bonchev–Trinajstić information content (AvgIpc) is 2.59. The van der Waals surface area contributed by atoms with E-state index in [9.17, 15) is 4.79 Å². The summed E-state index contributed by atoms with van der Waals surface area (Å²) in [5.74, 6) is 0.239. The number of carbonyl (C=O) groups excluding carboxylic acids is 1. The van der Waals surface area contributed by atoms with E-state index in [1.165, 1.54) is 14.2 Å². The van der Waals surface area contributed by atoms with Crippen LogP contribution in [0.15, 0.2) is 47.6 Å². The van der Waals surface area contributed by atoms with Crippen molar-refractivity contribution in [2.45, 2.75) is 13.5 Å². The quantitative estimate of drug-likeness (QED) is 0.298. The van der Waals surface area contributed by atoms with Gasteiger partial charge in [-0.05, 0) is 58.8 Å². The molecule has 5 nitrogen and oxygen atoms in total. The van der Waals surface area contributed by atoms with Gasteiger partial charge in [0.2, 0.25) is 0 Å². The third-order valence-electron chi connectivity index (χ3n) is 3.35. The summed E-state index contributed by atoms with van der Waals surface area (Å²) in [6, 6.07) is 13.3. The molecule has 0 fully saturated rings. The third-order valence-corrected chi connectivity index (χ3v) is 4.02. The molecule has 24 heavy (non-hydrogen) atoms. The first-order valence-corrected chi connectivity index (χ1v) is 8.31. The van der Waals surface area contributed by atoms with Crippen LogP contribution in [0, 0.1) is 10.5 Å². The lowest BCUT2D eigenvalue weighted by molar-refractivity contribution is -0.132. The monoisotopic (exact) mass is 439 g/mol. The van der Waals surface area contributed by atoms with Crippen molar-refractivity contribution in [3.05, 3.63) is 62.7 Å². The van der Waals surface area contributed by atoms with Gasteiger partial charge in [-0.3, -0.25) is 0 Å². The third kappa shape index (κ3) is 4.47. The van der Waals surface area contributed by atoms with Gasteiger partial charge in [-0.2, -0.15) is 0 Å². The molecule has 0 aliphatic rings. The van der Waals surface area contributed by atoms with Crippen molar-refractivity contribution in [2.75, 3.05) is 14.2 Å². The highest BCUT2D eigenvalue weighted by Gasteiger charge is 2.19. The fraction of sp³-hybridized carbons (Fsp3) is 0.222. The normalized spacial score (nSPS) is 11.1. The lowest BCUT2D eigenvalue weighted by Crippen LogP contribution is -2.19. The van der Waals surface area contributed by atoms with Crippen molar-refractivity contribution < 1.29 is 19.1 Å². The highest BCUT2D eigenvalue weighted by Crippen LogP contribution is 2.22. The highest BCUT2D eigenvalue weighted by atomic mass is 127. The zero-order valence-electron chi connectivity index (χ0n) is 13.7. The molecule has 2 rings (SSSR count). The van der Waals surface area contributed by atoms with Gasteiger partial charge in [0.15, 0.2) is 5.71 Å². The number of methoxy groups -OCH3 is 1. The molecule has 0 heterocycles. The van der Waals surface area contributed by atoms with E-state index in [1.807, 2.05) is 43.3 Å². The second-order valence-electron chi connectivity index (χ2n) is 4.97. The Labute approximate surface area is 154 Å². The van der Waals surface area contributed by atoms with Gasteiger partial charge < -0.3 is 14.3 Å². The first kappa shape index (κ1) is 18.3. The van der Waals surface area contributed by atoms with Crippen LogP contribution in [0.4, 0.5) is 0 Å². The molecule has 126 valence electrons. The topological polar surface area (TPSA) is 57.1 Å². The van der Waals surface area contributed by atoms with E-state index in [0.717, 1.165) is 20.4 Å². The van der Waals surface area contributed by atoms with Crippen LogP contribution < -0.4 is 4.74 Å². The Hall–Kier alpha value is -2.09. The molecule has 0 aliphatic heterocycles. The number of hydrogen-bond donors (Lipinski definition) is 0. The SMILES string of the molecule is CO/N=C(/C(=O)OC)c1ccccc1COc1ccc(I)cc1C. The molecule has 2 aromatic carbocycles. The molecule has 0 spiro atoms. The number of halogens is 1. The van der Waals surface area contributed by atoms with Crippen molar-refractivity contribution in [1.29, 1.82) is 0 Å². The number of nitrogens with zero attached hydrogens (tertiary/aromatic N) is 1. The minimum atomic E-state index is -0.560. The minimum Gasteiger partial charge on any atom is -0.489 e. The fourth-order valence-electron chi connectivity index (χ4n) is 2.19. The van der Waals surface area contributed by atoms with Crippen molar-refractivity contribution in [1.82, 2.24) is 0 Å². The summed E-state index contributed by atoms with van der Waals surface area (Å²) in [6.07, 6.45) is 0. The van der Waals surface area contributed by atoms with Crippen molar-refractivity contribution in [3.8, 4) is 5.75 Å². The van der Waals surface area contributed by atoms with E-state index >= 15 is 0 Å². The van der Waals surface area contributed by atoms with E-state index in [4.69, 9.17) is 14.3 Å². The summed E-state index contributed by atoms with van der Waals surface area (Å²) < 4.78 is 11.8. The Kier molecular flexibility index (Phi) is 6.60. The fourth-order valence-corrected chi connectivity index (χ4v) is 2.84. The molecule has 0 atom stereocenters. The summed E-state index contributed by atoms with van der Waals surface area (Å²) in [5, 5.41) is 3.80. The molecule has 2 aromatic rings. The molecule has 0 unspecified atom stereocenters. The molecule has 0 N–H and O–H groups in total. The summed E-state index contributed by atoms with van der Waals surface area (Å²) in [5.41, 5.74) is 2.60. The van der Waals surface area contributed by atoms with Crippen LogP contribution >= 0.6 is 22.6 Å². The highest BCUT2D eigenvalue weighted by molar-refractivity contribution is 14.1. The standard InChI is InChI=1S/C18H18INO4/c1-12-10-14(19)8-9-16(12)24-11-13-6-4-5-7-15(13)17(20-23-3)18(21)22-2/h4-10H,11H2,1-3H3/b20-17+. The average molecular weight is 439 g/mol. The number of carbonyl (C=O) groups is 1. The molecule has 0 amide bonds. The Morgan fingerprint density at radius 3 is 2.58 bits per heavy atom. The van der Waals surface area contributed by atoms with Gasteiger partial charge >= 0.3 is 5.97 Å². The number of ether oxygens (including phenoxy) is 2. The molecule has 0 aliphatic carbocycles. The Bertz CT molecular complexity index is 758. The van der Waals surface area contributed by atoms with E-state index in [-0.39, 0.29) is 5.71 Å². The summed E-state index contributed by atoms with van der Waals surface area (Å²) in [7, 11) is 2.69. The van der Waals surface area contributed by atoms with E-state index < -0.39 is 5.97 Å². The van der Waals surface area contributed by atoms with Crippen molar-refractivity contribution >= 4 is 34.3 Å². The maximum absolute atomic E-state index is 11.9. The Morgan fingerprint density at radius 1 is 1.17 bits per heavy atom. The van der Waals surface area contributed by atoms with E-state index in [1.54, 1.807) is 6.07 Å². The van der Waals surface area contributed by atoms with E-state index in [2.05, 4.69) is 27.7 Å². The van der Waals surface area contributed by atoms with Gasteiger partial charge in [0.1, 0.15) is 19.5 Å². The molecule has 6 heteroatoms. The lowest BCUT2D eigenvalue weighted by Gasteiger charge is -2.13.